The molecule has 0 nitrogen and oxygen atoms in total. The number of benzene rings is 2. The maximum absolute atomic E-state index is 2.61. The van der Waals surface area contributed by atoms with E-state index in [-0.39, 0.29) is 24.8 Å². The fourth-order valence-electron chi connectivity index (χ4n) is 3.36. The van der Waals surface area contributed by atoms with E-state index in [1.54, 1.807) is 21.0 Å². The third kappa shape index (κ3) is 3.66. The van der Waals surface area contributed by atoms with Crippen molar-refractivity contribution in [3.63, 3.8) is 0 Å². The van der Waals surface area contributed by atoms with Gasteiger partial charge >= 0.3 is 144 Å². The fraction of sp³-hybridized carbons (Fsp3) is 0.111. The van der Waals surface area contributed by atoms with E-state index < -0.39 is 26.8 Å². The molecule has 0 saturated carbocycles. The van der Waals surface area contributed by atoms with Crippen molar-refractivity contribution >= 4 is 49.9 Å². The smallest absolute Gasteiger partial charge is 1.00 e. The second-order valence-corrected chi connectivity index (χ2v) is 27.2. The molecule has 2 unspecified atom stereocenters. The van der Waals surface area contributed by atoms with Gasteiger partial charge in [-0.15, -0.1) is 0 Å². The molecule has 2 aromatic heterocycles. The van der Waals surface area contributed by atoms with Gasteiger partial charge in [-0.3, -0.25) is 0 Å². The molecule has 0 amide bonds. The number of hydrogen-bond acceptors (Lipinski definition) is 0. The van der Waals surface area contributed by atoms with Crippen LogP contribution in [-0.4, -0.2) is 5.92 Å². The van der Waals surface area contributed by atoms with Gasteiger partial charge in [0.25, 0.3) is 0 Å². The average Bonchev–Trinajstić information content (AvgIpc) is 3.13. The molecule has 0 N–H and O–H groups in total. The summed E-state index contributed by atoms with van der Waals surface area (Å²) in [6.45, 7) is 5.18. The van der Waals surface area contributed by atoms with E-state index in [1.165, 1.54) is 0 Å². The number of halogens is 2. The molecular weight excluding hydrogens is 468 g/mol. The normalized spacial score (nSPS) is 11.3. The molecule has 0 aliphatic carbocycles. The van der Waals surface area contributed by atoms with Gasteiger partial charge in [0.15, 0.2) is 0 Å². The minimum atomic E-state index is -1.71. The molecule has 6 heteroatoms. The van der Waals surface area contributed by atoms with Gasteiger partial charge in [0, 0.05) is 0 Å². The van der Waals surface area contributed by atoms with Crippen molar-refractivity contribution < 1.29 is 45.7 Å². The zero-order valence-electron chi connectivity index (χ0n) is 13.6. The first-order chi connectivity index (χ1) is 10.8. The number of rotatable bonds is 3. The van der Waals surface area contributed by atoms with Crippen LogP contribution in [0, 0.1) is 0 Å². The molecule has 0 spiro atoms. The van der Waals surface area contributed by atoms with Crippen LogP contribution in [0.25, 0.3) is 21.0 Å². The summed E-state index contributed by atoms with van der Waals surface area (Å²) in [5.74, 6) is 4.58. The summed E-state index contributed by atoms with van der Waals surface area (Å²) in [7, 11) is 1.80. The van der Waals surface area contributed by atoms with E-state index in [4.69, 9.17) is 0 Å². The van der Waals surface area contributed by atoms with Gasteiger partial charge in [-0.25, -0.2) is 0 Å². The van der Waals surface area contributed by atoms with Crippen molar-refractivity contribution in [3.8, 4) is 0 Å². The van der Waals surface area contributed by atoms with Gasteiger partial charge in [-0.2, -0.15) is 0 Å². The van der Waals surface area contributed by atoms with Gasteiger partial charge in [0.05, 0.1) is 0 Å². The molecule has 24 heavy (non-hydrogen) atoms. The van der Waals surface area contributed by atoms with Crippen LogP contribution in [0.3, 0.4) is 0 Å². The van der Waals surface area contributed by atoms with E-state index in [0.29, 0.717) is 0 Å². The summed E-state index contributed by atoms with van der Waals surface area (Å²) in [5, 5.41) is 6.37. The van der Waals surface area contributed by atoms with Crippen molar-refractivity contribution in [3.05, 3.63) is 60.1 Å². The minimum absolute atomic E-state index is 0. The van der Waals surface area contributed by atoms with E-state index >= 15 is 0 Å². The van der Waals surface area contributed by atoms with Gasteiger partial charge in [0.2, 0.25) is 0 Å². The van der Waals surface area contributed by atoms with Crippen LogP contribution in [0.1, 0.15) is 0 Å². The molecule has 2 aromatic carbocycles. The molecule has 2 atom stereocenters. The summed E-state index contributed by atoms with van der Waals surface area (Å²) in [5.41, 5.74) is 0. The zero-order chi connectivity index (χ0) is 15.1. The molecule has 123 valence electrons. The summed E-state index contributed by atoms with van der Waals surface area (Å²) < 4.78 is 3.62. The first-order valence-corrected chi connectivity index (χ1v) is 19.5. The van der Waals surface area contributed by atoms with Crippen molar-refractivity contribution in [1.29, 1.82) is 0 Å². The molecule has 0 fully saturated rings. The van der Waals surface area contributed by atoms with Gasteiger partial charge in [0.1, 0.15) is 0 Å². The molecule has 0 aliphatic rings. The molecule has 0 aliphatic heterocycles. The van der Waals surface area contributed by atoms with Crippen LogP contribution < -0.4 is 31.4 Å². The standard InChI is InChI=1S/2C8H6P.C2H7Si.2ClH.Zr/c2*1-2-4-8-7(3-1)5-6-9-8;1-3-2;;;/h2*1-4,6,9H;3H,1-2H3;2*1H;/q;;;;;+2/p-2. The van der Waals surface area contributed by atoms with Crippen LogP contribution >= 0.6 is 16.4 Å². The van der Waals surface area contributed by atoms with Crippen molar-refractivity contribution in [2.75, 3.05) is 0 Å². The van der Waals surface area contributed by atoms with E-state index in [1.807, 2.05) is 6.54 Å². The Balaban J connectivity index is 0.00000104. The average molecular weight is 488 g/mol. The maximum Gasteiger partial charge on any atom is -1.00 e. The molecule has 0 saturated heterocycles. The zero-order valence-corrected chi connectivity index (χ0v) is 20.7. The SMILES string of the molecule is C[SiH](C)[Zr+2]([c]1c[pH]c2ccccc12)[c]1c[pH]c2ccccc12.[Cl-].[Cl-]. The van der Waals surface area contributed by atoms with Crippen LogP contribution in [0.4, 0.5) is 0 Å². The summed E-state index contributed by atoms with van der Waals surface area (Å²) in [6, 6.07) is 18.3. The Morgan fingerprint density at radius 3 is 1.54 bits per heavy atom. The molecular formula is C18H19Cl2P2SiZr. The molecule has 0 radical (unpaired) electrons. The number of hydrogen-bond donors (Lipinski definition) is 0. The molecule has 4 rings (SSSR count). The van der Waals surface area contributed by atoms with E-state index in [0.717, 1.165) is 16.4 Å². The minimum Gasteiger partial charge on any atom is -1.00 e. The Hall–Kier alpha value is 0.200. The largest absolute Gasteiger partial charge is 1.00 e. The Kier molecular flexibility index (Phi) is 7.46. The monoisotopic (exact) mass is 485 g/mol. The third-order valence-corrected chi connectivity index (χ3v) is 26.4. The first kappa shape index (κ1) is 20.5. The second-order valence-electron chi connectivity index (χ2n) is 6.06. The number of fused-ring (bicyclic) bond motifs is 2. The molecule has 0 bridgehead atoms. The topological polar surface area (TPSA) is 0 Å². The summed E-state index contributed by atoms with van der Waals surface area (Å²) >= 11 is -1.71. The van der Waals surface area contributed by atoms with Crippen molar-refractivity contribution in [2.45, 2.75) is 13.1 Å². The Morgan fingerprint density at radius 2 is 1.12 bits per heavy atom. The fourth-order valence-corrected chi connectivity index (χ4v) is 28.1. The summed E-state index contributed by atoms with van der Waals surface area (Å²) in [6.07, 6.45) is 0. The predicted octanol–water partition coefficient (Wildman–Crippen LogP) is -1.38. The van der Waals surface area contributed by atoms with Crippen LogP contribution in [0.2, 0.25) is 13.1 Å². The Bertz CT molecular complexity index is 874. The van der Waals surface area contributed by atoms with E-state index in [2.05, 4.69) is 73.2 Å². The molecule has 2 heterocycles. The molecule has 4 aromatic rings. The van der Waals surface area contributed by atoms with Crippen LogP contribution in [-0.2, 0) is 20.9 Å². The Morgan fingerprint density at radius 1 is 0.708 bits per heavy atom. The van der Waals surface area contributed by atoms with Gasteiger partial charge in [-0.05, 0) is 0 Å². The second kappa shape index (κ2) is 8.73. The van der Waals surface area contributed by atoms with E-state index in [9.17, 15) is 0 Å². The quantitative estimate of drug-likeness (QED) is 0.313. The summed E-state index contributed by atoms with van der Waals surface area (Å²) in [4.78, 5) is 0. The van der Waals surface area contributed by atoms with Gasteiger partial charge in [-0.1, -0.05) is 0 Å². The van der Waals surface area contributed by atoms with Crippen LogP contribution in [0.15, 0.2) is 60.1 Å². The van der Waals surface area contributed by atoms with Gasteiger partial charge < -0.3 is 24.8 Å². The van der Waals surface area contributed by atoms with Crippen LogP contribution in [0.5, 0.6) is 0 Å². The van der Waals surface area contributed by atoms with Crippen molar-refractivity contribution in [1.82, 2.24) is 0 Å². The maximum atomic E-state index is 2.61. The first-order valence-electron chi connectivity index (χ1n) is 7.75. The Labute approximate surface area is 167 Å². The predicted molar refractivity (Wildman–Crippen MR) is 105 cm³/mol. The van der Waals surface area contributed by atoms with Crippen molar-refractivity contribution in [2.24, 2.45) is 0 Å². The third-order valence-electron chi connectivity index (χ3n) is 4.34.